The molecule has 0 bridgehead atoms. The number of carbonyl (C=O) groups is 2. The summed E-state index contributed by atoms with van der Waals surface area (Å²) < 4.78 is 38.1. The lowest BCUT2D eigenvalue weighted by Gasteiger charge is -2.39. The van der Waals surface area contributed by atoms with Crippen LogP contribution in [0.25, 0.3) is 0 Å². The third-order valence-electron chi connectivity index (χ3n) is 4.74. The molecule has 0 unspecified atom stereocenters. The predicted molar refractivity (Wildman–Crippen MR) is 81.8 cm³/mol. The van der Waals surface area contributed by atoms with Gasteiger partial charge in [0.25, 0.3) is 0 Å². The number of aliphatic carboxylic acids is 1. The average Bonchev–Trinajstić information content (AvgIpc) is 3.06. The molecular formula is C17H19F2NO5. The average molecular weight is 355 g/mol. The quantitative estimate of drug-likeness (QED) is 0.859. The molecule has 8 heteroatoms. The van der Waals surface area contributed by atoms with E-state index in [0.717, 1.165) is 12.1 Å². The number of carboxylic acids is 1. The fourth-order valence-corrected chi connectivity index (χ4v) is 3.39. The Balaban J connectivity index is 1.82. The van der Waals surface area contributed by atoms with Crippen molar-refractivity contribution in [1.29, 1.82) is 0 Å². The summed E-state index contributed by atoms with van der Waals surface area (Å²) in [5, 5.41) is 11.8. The number of carbonyl (C=O) groups excluding carboxylic acids is 1. The Morgan fingerprint density at radius 3 is 2.44 bits per heavy atom. The lowest BCUT2D eigenvalue weighted by Crippen LogP contribution is -2.53. The van der Waals surface area contributed by atoms with Crippen LogP contribution in [0.2, 0.25) is 0 Å². The monoisotopic (exact) mass is 355 g/mol. The number of amides is 1. The number of rotatable bonds is 4. The van der Waals surface area contributed by atoms with Crippen molar-refractivity contribution < 1.29 is 33.0 Å². The number of hydrogen-bond acceptors (Lipinski definition) is 4. The maximum atomic E-state index is 14.3. The van der Waals surface area contributed by atoms with Gasteiger partial charge in [0.15, 0.2) is 6.10 Å². The Bertz CT molecular complexity index is 675. The van der Waals surface area contributed by atoms with Gasteiger partial charge in [0.05, 0.1) is 5.54 Å². The second kappa shape index (κ2) is 7.05. The molecule has 25 heavy (non-hydrogen) atoms. The van der Waals surface area contributed by atoms with Gasteiger partial charge in [-0.15, -0.1) is 0 Å². The van der Waals surface area contributed by atoms with Crippen LogP contribution in [0.15, 0.2) is 18.2 Å². The van der Waals surface area contributed by atoms with Gasteiger partial charge in [-0.3, -0.25) is 4.79 Å². The van der Waals surface area contributed by atoms with E-state index in [1.54, 1.807) is 0 Å². The molecule has 0 saturated carbocycles. The molecule has 6 nitrogen and oxygen atoms in total. The molecule has 0 aliphatic carbocycles. The van der Waals surface area contributed by atoms with Crippen LogP contribution in [0.1, 0.15) is 31.2 Å². The van der Waals surface area contributed by atoms with Crippen LogP contribution in [0.5, 0.6) is 0 Å². The van der Waals surface area contributed by atoms with Crippen molar-refractivity contribution in [2.24, 2.45) is 0 Å². The van der Waals surface area contributed by atoms with E-state index in [1.807, 2.05) is 0 Å². The standard InChI is InChI=1S/C17H19F2NO5/c18-10-1-2-11(12(19)9-10)17(5-7-24-8-6-17)20-15(21)13-3-4-14(25-13)16(22)23/h1-2,9,13-14H,3-8H2,(H,20,21)(H,22,23)/t13-,14+/m0/s1. The predicted octanol–water partition coefficient (Wildman–Crippen LogP) is 1.72. The summed E-state index contributed by atoms with van der Waals surface area (Å²) in [5.41, 5.74) is -0.837. The Morgan fingerprint density at radius 2 is 1.84 bits per heavy atom. The van der Waals surface area contributed by atoms with Gasteiger partial charge in [-0.2, -0.15) is 0 Å². The van der Waals surface area contributed by atoms with E-state index < -0.39 is 41.3 Å². The van der Waals surface area contributed by atoms with Crippen LogP contribution in [0.3, 0.4) is 0 Å². The molecule has 1 aromatic rings. The van der Waals surface area contributed by atoms with E-state index >= 15 is 0 Å². The molecule has 2 N–H and O–H groups in total. The van der Waals surface area contributed by atoms with Crippen molar-refractivity contribution in [2.75, 3.05) is 13.2 Å². The van der Waals surface area contributed by atoms with Crippen LogP contribution < -0.4 is 5.32 Å². The highest BCUT2D eigenvalue weighted by Crippen LogP contribution is 2.35. The minimum atomic E-state index is -1.11. The van der Waals surface area contributed by atoms with Gasteiger partial charge in [-0.05, 0) is 31.7 Å². The van der Waals surface area contributed by atoms with Crippen LogP contribution >= 0.6 is 0 Å². The lowest BCUT2D eigenvalue weighted by atomic mass is 9.82. The molecule has 2 aliphatic rings. The van der Waals surface area contributed by atoms with Crippen LogP contribution in [-0.4, -0.2) is 42.4 Å². The van der Waals surface area contributed by atoms with Crippen LogP contribution in [0, 0.1) is 11.6 Å². The first-order valence-corrected chi connectivity index (χ1v) is 8.15. The first-order chi connectivity index (χ1) is 11.9. The van der Waals surface area contributed by atoms with Gasteiger partial charge in [-0.25, -0.2) is 13.6 Å². The molecule has 0 radical (unpaired) electrons. The second-order valence-electron chi connectivity index (χ2n) is 6.34. The smallest absolute Gasteiger partial charge is 0.332 e. The van der Waals surface area contributed by atoms with Gasteiger partial charge in [0.1, 0.15) is 17.7 Å². The number of ether oxygens (including phenoxy) is 2. The van der Waals surface area contributed by atoms with E-state index in [2.05, 4.69) is 5.32 Å². The zero-order valence-electron chi connectivity index (χ0n) is 13.5. The lowest BCUT2D eigenvalue weighted by molar-refractivity contribution is -0.152. The summed E-state index contributed by atoms with van der Waals surface area (Å²) in [6.45, 7) is 0.640. The topological polar surface area (TPSA) is 84.9 Å². The Kier molecular flexibility index (Phi) is 5.01. The molecule has 2 fully saturated rings. The van der Waals surface area contributed by atoms with Crippen LogP contribution in [0.4, 0.5) is 8.78 Å². The van der Waals surface area contributed by atoms with Crippen molar-refractivity contribution in [1.82, 2.24) is 5.32 Å². The van der Waals surface area contributed by atoms with E-state index in [4.69, 9.17) is 14.6 Å². The van der Waals surface area contributed by atoms with Crippen molar-refractivity contribution in [3.63, 3.8) is 0 Å². The molecule has 1 aromatic carbocycles. The first kappa shape index (κ1) is 17.8. The minimum absolute atomic E-state index is 0.193. The molecule has 3 rings (SSSR count). The Hall–Kier alpha value is -2.06. The van der Waals surface area contributed by atoms with Gasteiger partial charge in [0.2, 0.25) is 5.91 Å². The number of hydrogen-bond donors (Lipinski definition) is 2. The molecule has 0 spiro atoms. The summed E-state index contributed by atoms with van der Waals surface area (Å²) in [5.74, 6) is -3.04. The van der Waals surface area contributed by atoms with Crippen LogP contribution in [-0.2, 0) is 24.6 Å². The Morgan fingerprint density at radius 1 is 1.16 bits per heavy atom. The first-order valence-electron chi connectivity index (χ1n) is 8.15. The van der Waals surface area contributed by atoms with Crippen molar-refractivity contribution in [3.8, 4) is 0 Å². The van der Waals surface area contributed by atoms with Crippen molar-refractivity contribution in [2.45, 2.75) is 43.4 Å². The highest BCUT2D eigenvalue weighted by molar-refractivity contribution is 5.83. The fraction of sp³-hybridized carbons (Fsp3) is 0.529. The normalized spacial score (nSPS) is 25.5. The maximum Gasteiger partial charge on any atom is 0.332 e. The van der Waals surface area contributed by atoms with E-state index in [-0.39, 0.29) is 18.4 Å². The summed E-state index contributed by atoms with van der Waals surface area (Å²) >= 11 is 0. The summed E-state index contributed by atoms with van der Waals surface area (Å²) in [4.78, 5) is 23.5. The number of carboxylic acid groups (broad SMARTS) is 1. The van der Waals surface area contributed by atoms with Gasteiger partial charge in [-0.1, -0.05) is 6.07 Å². The molecule has 0 aromatic heterocycles. The van der Waals surface area contributed by atoms with Gasteiger partial charge >= 0.3 is 5.97 Å². The number of benzene rings is 1. The molecule has 2 aliphatic heterocycles. The fourth-order valence-electron chi connectivity index (χ4n) is 3.39. The summed E-state index contributed by atoms with van der Waals surface area (Å²) in [6.07, 6.45) is -0.726. The van der Waals surface area contributed by atoms with Crippen molar-refractivity contribution >= 4 is 11.9 Å². The zero-order chi connectivity index (χ0) is 18.0. The SMILES string of the molecule is O=C(NC1(c2ccc(F)cc2F)CCOCC1)[C@@H]1CC[C@H](C(=O)O)O1. The van der Waals surface area contributed by atoms with Gasteiger partial charge in [0, 0.05) is 24.8 Å². The molecule has 2 heterocycles. The summed E-state index contributed by atoms with van der Waals surface area (Å²) in [7, 11) is 0. The van der Waals surface area contributed by atoms with E-state index in [1.165, 1.54) is 6.07 Å². The minimum Gasteiger partial charge on any atom is -0.479 e. The van der Waals surface area contributed by atoms with E-state index in [9.17, 15) is 18.4 Å². The van der Waals surface area contributed by atoms with E-state index in [0.29, 0.717) is 26.1 Å². The third-order valence-corrected chi connectivity index (χ3v) is 4.74. The zero-order valence-corrected chi connectivity index (χ0v) is 13.5. The molecule has 2 atom stereocenters. The molecule has 1 amide bonds. The summed E-state index contributed by atoms with van der Waals surface area (Å²) in [6, 6.07) is 3.26. The number of nitrogens with one attached hydrogen (secondary N) is 1. The highest BCUT2D eigenvalue weighted by atomic mass is 19.1. The maximum absolute atomic E-state index is 14.3. The largest absolute Gasteiger partial charge is 0.479 e. The number of halogens is 2. The molecule has 2 saturated heterocycles. The Labute approximate surface area is 143 Å². The van der Waals surface area contributed by atoms with Gasteiger partial charge < -0.3 is 19.9 Å². The van der Waals surface area contributed by atoms with Crippen molar-refractivity contribution in [3.05, 3.63) is 35.4 Å². The highest BCUT2D eigenvalue weighted by Gasteiger charge is 2.42. The molecule has 136 valence electrons. The second-order valence-corrected chi connectivity index (χ2v) is 6.34. The molecular weight excluding hydrogens is 336 g/mol. The third kappa shape index (κ3) is 3.64.